The number of halogens is 2. The van der Waals surface area contributed by atoms with Crippen molar-refractivity contribution in [3.8, 4) is 22.8 Å². The first-order valence-corrected chi connectivity index (χ1v) is 9.11. The van der Waals surface area contributed by atoms with Gasteiger partial charge in [-0.2, -0.15) is 0 Å². The molecule has 1 atom stereocenters. The molecule has 4 aromatic rings. The van der Waals surface area contributed by atoms with Crippen molar-refractivity contribution in [2.75, 3.05) is 5.84 Å². The van der Waals surface area contributed by atoms with E-state index in [1.807, 2.05) is 6.92 Å². The van der Waals surface area contributed by atoms with Crippen molar-refractivity contribution >= 4 is 11.8 Å². The summed E-state index contributed by atoms with van der Waals surface area (Å²) in [6, 6.07) is 11.6. The molecular formula is C18H14F2N6OS. The van der Waals surface area contributed by atoms with Crippen molar-refractivity contribution in [1.29, 1.82) is 0 Å². The van der Waals surface area contributed by atoms with Crippen LogP contribution in [0.1, 0.15) is 18.1 Å². The van der Waals surface area contributed by atoms with Crippen molar-refractivity contribution in [1.82, 2.24) is 25.1 Å². The third-order valence-electron chi connectivity index (χ3n) is 3.93. The van der Waals surface area contributed by atoms with Gasteiger partial charge < -0.3 is 10.3 Å². The first-order chi connectivity index (χ1) is 13.5. The topological polar surface area (TPSA) is 95.7 Å². The van der Waals surface area contributed by atoms with Gasteiger partial charge in [-0.05, 0) is 55.5 Å². The second kappa shape index (κ2) is 7.39. The van der Waals surface area contributed by atoms with Crippen LogP contribution in [-0.2, 0) is 0 Å². The highest BCUT2D eigenvalue weighted by Gasteiger charge is 2.21. The summed E-state index contributed by atoms with van der Waals surface area (Å²) in [6.45, 7) is 1.86. The molecule has 142 valence electrons. The Labute approximate surface area is 162 Å². The minimum Gasteiger partial charge on any atom is -0.419 e. The summed E-state index contributed by atoms with van der Waals surface area (Å²) in [5, 5.41) is 16.4. The summed E-state index contributed by atoms with van der Waals surface area (Å²) in [4.78, 5) is 0. The second-order valence-corrected chi connectivity index (χ2v) is 7.20. The molecule has 28 heavy (non-hydrogen) atoms. The molecule has 0 aliphatic heterocycles. The molecule has 2 heterocycles. The highest BCUT2D eigenvalue weighted by atomic mass is 32.2. The van der Waals surface area contributed by atoms with Gasteiger partial charge in [0.25, 0.3) is 0 Å². The molecule has 0 radical (unpaired) electrons. The van der Waals surface area contributed by atoms with Crippen molar-refractivity contribution < 1.29 is 13.2 Å². The average molecular weight is 400 g/mol. The van der Waals surface area contributed by atoms with Crippen LogP contribution >= 0.6 is 11.8 Å². The zero-order chi connectivity index (χ0) is 19.7. The van der Waals surface area contributed by atoms with Gasteiger partial charge in [0.15, 0.2) is 5.82 Å². The van der Waals surface area contributed by atoms with E-state index < -0.39 is 0 Å². The van der Waals surface area contributed by atoms with Crippen molar-refractivity contribution in [3.63, 3.8) is 0 Å². The zero-order valence-electron chi connectivity index (χ0n) is 14.6. The molecule has 2 aromatic carbocycles. The first kappa shape index (κ1) is 18.1. The maximum absolute atomic E-state index is 13.1. The third kappa shape index (κ3) is 3.58. The standard InChI is InChI=1S/C18H14F2N6OS/c1-10(16-23-24-17(27-16)12-4-8-14(20)9-5-12)28-18-25-22-15(26(18)21)11-2-6-13(19)7-3-11/h2-10H,21H2,1H3/t10-/m1/s1. The maximum atomic E-state index is 13.1. The van der Waals surface area contributed by atoms with E-state index in [1.54, 1.807) is 24.3 Å². The number of hydrogen-bond donors (Lipinski definition) is 1. The van der Waals surface area contributed by atoms with Crippen LogP contribution in [0.3, 0.4) is 0 Å². The molecule has 0 saturated carbocycles. The zero-order valence-corrected chi connectivity index (χ0v) is 15.4. The molecule has 4 rings (SSSR count). The number of thioether (sulfide) groups is 1. The lowest BCUT2D eigenvalue weighted by molar-refractivity contribution is 0.508. The summed E-state index contributed by atoms with van der Waals surface area (Å²) >= 11 is 1.29. The third-order valence-corrected chi connectivity index (χ3v) is 4.97. The molecule has 2 N–H and O–H groups in total. The van der Waals surface area contributed by atoms with Crippen LogP contribution in [0.25, 0.3) is 22.8 Å². The molecule has 0 spiro atoms. The van der Waals surface area contributed by atoms with Gasteiger partial charge in [-0.1, -0.05) is 11.8 Å². The highest BCUT2D eigenvalue weighted by molar-refractivity contribution is 7.99. The second-order valence-electron chi connectivity index (χ2n) is 5.90. The lowest BCUT2D eigenvalue weighted by atomic mass is 10.2. The summed E-state index contributed by atoms with van der Waals surface area (Å²) in [5.41, 5.74) is 1.27. The largest absolute Gasteiger partial charge is 0.419 e. The van der Waals surface area contributed by atoms with Crippen LogP contribution in [0, 0.1) is 11.6 Å². The Morgan fingerprint density at radius 1 is 0.893 bits per heavy atom. The smallest absolute Gasteiger partial charge is 0.247 e. The van der Waals surface area contributed by atoms with Gasteiger partial charge in [-0.15, -0.1) is 20.4 Å². The van der Waals surface area contributed by atoms with E-state index in [-0.39, 0.29) is 16.9 Å². The molecule has 0 fully saturated rings. The number of nitrogen functional groups attached to an aromatic ring is 1. The van der Waals surface area contributed by atoms with E-state index in [0.717, 1.165) is 0 Å². The van der Waals surface area contributed by atoms with Crippen LogP contribution in [0.2, 0.25) is 0 Å². The van der Waals surface area contributed by atoms with Crippen LogP contribution in [0.5, 0.6) is 0 Å². The van der Waals surface area contributed by atoms with Crippen LogP contribution in [0.15, 0.2) is 58.1 Å². The summed E-state index contributed by atoms with van der Waals surface area (Å²) < 4.78 is 33.1. The van der Waals surface area contributed by atoms with E-state index in [4.69, 9.17) is 10.3 Å². The average Bonchev–Trinajstić information content (AvgIpc) is 3.31. The van der Waals surface area contributed by atoms with Crippen LogP contribution in [-0.4, -0.2) is 25.1 Å². The minimum atomic E-state index is -0.344. The predicted octanol–water partition coefficient (Wildman–Crippen LogP) is 3.84. The Morgan fingerprint density at radius 3 is 2.14 bits per heavy atom. The van der Waals surface area contributed by atoms with E-state index in [2.05, 4.69) is 20.4 Å². The molecule has 0 aliphatic carbocycles. The van der Waals surface area contributed by atoms with Gasteiger partial charge in [-0.25, -0.2) is 13.5 Å². The van der Waals surface area contributed by atoms with Gasteiger partial charge in [0.2, 0.25) is 16.9 Å². The van der Waals surface area contributed by atoms with Gasteiger partial charge in [0.1, 0.15) is 11.6 Å². The van der Waals surface area contributed by atoms with Crippen molar-refractivity contribution in [3.05, 3.63) is 66.1 Å². The fourth-order valence-electron chi connectivity index (χ4n) is 2.47. The predicted molar refractivity (Wildman–Crippen MR) is 99.5 cm³/mol. The van der Waals surface area contributed by atoms with Gasteiger partial charge in [0.05, 0.1) is 5.25 Å². The van der Waals surface area contributed by atoms with E-state index in [1.165, 1.54) is 40.7 Å². The minimum absolute atomic E-state index is 0.255. The van der Waals surface area contributed by atoms with Gasteiger partial charge in [-0.3, -0.25) is 0 Å². The molecule has 0 aliphatic rings. The van der Waals surface area contributed by atoms with Crippen molar-refractivity contribution in [2.24, 2.45) is 0 Å². The Bertz CT molecular complexity index is 1090. The highest BCUT2D eigenvalue weighted by Crippen LogP contribution is 2.34. The number of rotatable bonds is 5. The molecule has 0 saturated heterocycles. The van der Waals surface area contributed by atoms with E-state index >= 15 is 0 Å². The van der Waals surface area contributed by atoms with Gasteiger partial charge >= 0.3 is 0 Å². The Morgan fingerprint density at radius 2 is 1.50 bits per heavy atom. The maximum Gasteiger partial charge on any atom is 0.247 e. The lowest BCUT2D eigenvalue weighted by Gasteiger charge is -2.06. The summed E-state index contributed by atoms with van der Waals surface area (Å²) in [7, 11) is 0. The number of nitrogens with zero attached hydrogens (tertiary/aromatic N) is 5. The normalized spacial score (nSPS) is 12.2. The monoisotopic (exact) mass is 400 g/mol. The first-order valence-electron chi connectivity index (χ1n) is 8.23. The quantitative estimate of drug-likeness (QED) is 0.402. The molecule has 0 unspecified atom stereocenters. The molecule has 0 bridgehead atoms. The van der Waals surface area contributed by atoms with Gasteiger partial charge in [0, 0.05) is 11.1 Å². The van der Waals surface area contributed by atoms with Crippen LogP contribution in [0.4, 0.5) is 8.78 Å². The molecular weight excluding hydrogens is 386 g/mol. The van der Waals surface area contributed by atoms with Crippen LogP contribution < -0.4 is 5.84 Å². The number of hydrogen-bond acceptors (Lipinski definition) is 7. The Balaban J connectivity index is 1.52. The summed E-state index contributed by atoms with van der Waals surface area (Å²) in [5.74, 6) is 6.48. The fourth-order valence-corrected chi connectivity index (χ4v) is 3.27. The Hall–Kier alpha value is -3.27. The summed E-state index contributed by atoms with van der Waals surface area (Å²) in [6.07, 6.45) is 0. The van der Waals surface area contributed by atoms with E-state index in [0.29, 0.717) is 33.9 Å². The van der Waals surface area contributed by atoms with Crippen molar-refractivity contribution in [2.45, 2.75) is 17.3 Å². The Kier molecular flexibility index (Phi) is 4.78. The number of benzene rings is 2. The number of aromatic nitrogens is 5. The molecule has 7 nitrogen and oxygen atoms in total. The molecule has 0 amide bonds. The number of nitrogens with two attached hydrogens (primary N) is 1. The van der Waals surface area contributed by atoms with E-state index in [9.17, 15) is 8.78 Å². The molecule has 2 aromatic heterocycles. The molecule has 10 heteroatoms. The lowest BCUT2D eigenvalue weighted by Crippen LogP contribution is -2.12. The fraction of sp³-hybridized carbons (Fsp3) is 0.111. The SMILES string of the molecule is C[C@@H](Sc1nnc(-c2ccc(F)cc2)n1N)c1nnc(-c2ccc(F)cc2)o1.